The maximum atomic E-state index is 12.7. The van der Waals surface area contributed by atoms with Crippen molar-refractivity contribution in [3.8, 4) is 0 Å². The number of hydrogen-bond donors (Lipinski definition) is 0. The summed E-state index contributed by atoms with van der Waals surface area (Å²) in [6.07, 6.45) is 44.6. The van der Waals surface area contributed by atoms with E-state index in [1.807, 2.05) is 33.3 Å². The van der Waals surface area contributed by atoms with Gasteiger partial charge in [0, 0.05) is 12.8 Å². The van der Waals surface area contributed by atoms with E-state index in [4.69, 9.17) is 18.9 Å². The molecule has 0 aromatic rings. The topological polar surface area (TPSA) is 111 Å². The first kappa shape index (κ1) is 51.2. The normalized spacial score (nSPS) is 14.0. The highest BCUT2D eigenvalue weighted by Gasteiger charge is 2.21. The molecule has 55 heavy (non-hydrogen) atoms. The molecule has 0 aliphatic carbocycles. The van der Waals surface area contributed by atoms with Crippen LogP contribution in [0.25, 0.3) is 0 Å². The molecular formula is C46H73NO8. The van der Waals surface area contributed by atoms with Crippen molar-refractivity contribution in [2.45, 2.75) is 129 Å². The minimum atomic E-state index is -1.65. The number of rotatable bonds is 35. The number of esters is 2. The van der Waals surface area contributed by atoms with Gasteiger partial charge in [0.15, 0.2) is 12.4 Å². The Morgan fingerprint density at radius 2 is 1.02 bits per heavy atom. The van der Waals surface area contributed by atoms with Crippen LogP contribution in [0.5, 0.6) is 0 Å². The van der Waals surface area contributed by atoms with Crippen molar-refractivity contribution in [3.05, 3.63) is 97.2 Å². The molecule has 0 rings (SSSR count). The summed E-state index contributed by atoms with van der Waals surface area (Å²) in [5.74, 6) is -2.45. The van der Waals surface area contributed by atoms with Crippen LogP contribution < -0.4 is 5.11 Å². The van der Waals surface area contributed by atoms with Gasteiger partial charge in [-0.15, -0.1) is 0 Å². The summed E-state index contributed by atoms with van der Waals surface area (Å²) >= 11 is 0. The number of carbonyl (C=O) groups excluding carboxylic acids is 3. The molecule has 0 N–H and O–H groups in total. The van der Waals surface area contributed by atoms with Crippen molar-refractivity contribution in [2.75, 3.05) is 47.5 Å². The van der Waals surface area contributed by atoms with E-state index in [9.17, 15) is 19.5 Å². The molecule has 2 atom stereocenters. The molecule has 0 aromatic heterocycles. The number of hydrogen-bond acceptors (Lipinski definition) is 8. The average molecular weight is 768 g/mol. The van der Waals surface area contributed by atoms with Crippen LogP contribution in [0.3, 0.4) is 0 Å². The van der Waals surface area contributed by atoms with Crippen molar-refractivity contribution >= 4 is 17.9 Å². The fourth-order valence-corrected chi connectivity index (χ4v) is 4.71. The zero-order chi connectivity index (χ0) is 40.7. The second-order valence-electron chi connectivity index (χ2n) is 14.2. The number of unbranched alkanes of at least 4 members (excludes halogenated alkanes) is 4. The molecule has 9 heteroatoms. The van der Waals surface area contributed by atoms with Crippen LogP contribution in [-0.4, -0.2) is 82.3 Å². The minimum Gasteiger partial charge on any atom is -0.545 e. The summed E-state index contributed by atoms with van der Waals surface area (Å²) in [6, 6.07) is 0. The van der Waals surface area contributed by atoms with Crippen molar-refractivity contribution in [1.29, 1.82) is 0 Å². The maximum absolute atomic E-state index is 12.7. The minimum absolute atomic E-state index is 0.126. The van der Waals surface area contributed by atoms with E-state index >= 15 is 0 Å². The Morgan fingerprint density at radius 1 is 0.545 bits per heavy atom. The maximum Gasteiger partial charge on any atom is 0.306 e. The number of carbonyl (C=O) groups is 3. The quantitative estimate of drug-likeness (QED) is 0.0207. The van der Waals surface area contributed by atoms with Gasteiger partial charge in [-0.2, -0.15) is 0 Å². The van der Waals surface area contributed by atoms with Gasteiger partial charge in [-0.25, -0.2) is 0 Å². The zero-order valence-electron chi connectivity index (χ0n) is 34.7. The van der Waals surface area contributed by atoms with E-state index < -0.39 is 30.3 Å². The molecule has 0 spiro atoms. The molecule has 310 valence electrons. The molecule has 0 amide bonds. The van der Waals surface area contributed by atoms with Crippen LogP contribution in [0, 0.1) is 0 Å². The number of ether oxygens (including phenoxy) is 4. The van der Waals surface area contributed by atoms with Crippen molar-refractivity contribution < 1.29 is 42.9 Å². The van der Waals surface area contributed by atoms with Gasteiger partial charge >= 0.3 is 11.9 Å². The van der Waals surface area contributed by atoms with Gasteiger partial charge in [0.2, 0.25) is 0 Å². The monoisotopic (exact) mass is 768 g/mol. The van der Waals surface area contributed by atoms with E-state index in [0.717, 1.165) is 77.0 Å². The second-order valence-corrected chi connectivity index (χ2v) is 14.2. The smallest absolute Gasteiger partial charge is 0.306 e. The van der Waals surface area contributed by atoms with Gasteiger partial charge in [-0.3, -0.25) is 9.59 Å². The van der Waals surface area contributed by atoms with Crippen LogP contribution in [0.4, 0.5) is 0 Å². The van der Waals surface area contributed by atoms with Crippen LogP contribution in [0.2, 0.25) is 0 Å². The molecule has 0 aliphatic rings. The lowest BCUT2D eigenvalue weighted by molar-refractivity contribution is -0.870. The number of allylic oxidation sites excluding steroid dienone is 16. The van der Waals surface area contributed by atoms with Gasteiger partial charge in [-0.05, 0) is 77.0 Å². The Morgan fingerprint density at radius 3 is 1.51 bits per heavy atom. The number of quaternary nitrogens is 1. The average Bonchev–Trinajstić information content (AvgIpc) is 3.14. The fourth-order valence-electron chi connectivity index (χ4n) is 4.71. The Balaban J connectivity index is 4.66. The standard InChI is InChI=1S/C46H73NO8/c1-6-8-10-12-14-16-18-20-21-22-23-25-27-29-31-33-35-37-44(49)55-42(41-54-46(45(50)51)52-39-38-47(3,4)5)40-53-43(48)36-34-32-30-28-26-24-19-17-15-13-11-9-7-2/h8-11,14-17,20-21,23-26,30,32,42,46H,6-7,12-13,18-19,22,27-29,31,33-41H2,1-5H3/b10-8-,11-9-,16-14-,17-15-,21-20-,25-23-,26-24-,32-30-. The van der Waals surface area contributed by atoms with Gasteiger partial charge in [0.1, 0.15) is 13.2 Å². The SMILES string of the molecule is CC/C=C\C/C=C\C/C=C\C/C=C\CCCCCCC(=O)OC(COC(=O)CC/C=C\C/C=C\C/C=C\C/C=C\CC)COC(OCC[N+](C)(C)C)C(=O)[O-]. The number of nitrogens with zero attached hydrogens (tertiary/aromatic N) is 1. The molecule has 0 aromatic carbocycles. The first-order chi connectivity index (χ1) is 26.6. The number of carboxylic acid groups (broad SMARTS) is 1. The third-order valence-corrected chi connectivity index (χ3v) is 7.84. The lowest BCUT2D eigenvalue weighted by atomic mass is 10.1. The Bertz CT molecular complexity index is 1220. The lowest BCUT2D eigenvalue weighted by Crippen LogP contribution is -2.44. The molecule has 0 radical (unpaired) electrons. The molecule has 2 unspecified atom stereocenters. The summed E-state index contributed by atoms with van der Waals surface area (Å²) in [5, 5.41) is 11.7. The Kier molecular flexibility index (Phi) is 34.6. The van der Waals surface area contributed by atoms with Crippen LogP contribution in [0.1, 0.15) is 117 Å². The first-order valence-electron chi connectivity index (χ1n) is 20.4. The summed E-state index contributed by atoms with van der Waals surface area (Å²) in [5.41, 5.74) is 0. The molecular weight excluding hydrogens is 695 g/mol. The van der Waals surface area contributed by atoms with E-state index in [1.165, 1.54) is 0 Å². The molecule has 0 fully saturated rings. The molecule has 9 nitrogen and oxygen atoms in total. The van der Waals surface area contributed by atoms with E-state index in [-0.39, 0.29) is 32.7 Å². The molecule has 0 heterocycles. The lowest BCUT2D eigenvalue weighted by Gasteiger charge is -2.26. The number of carboxylic acids is 1. The zero-order valence-corrected chi connectivity index (χ0v) is 34.7. The van der Waals surface area contributed by atoms with Crippen molar-refractivity contribution in [2.24, 2.45) is 0 Å². The van der Waals surface area contributed by atoms with Crippen LogP contribution in [-0.2, 0) is 33.3 Å². The fraction of sp³-hybridized carbons (Fsp3) is 0.587. The predicted octanol–water partition coefficient (Wildman–Crippen LogP) is 8.99. The summed E-state index contributed by atoms with van der Waals surface area (Å²) in [7, 11) is 5.86. The summed E-state index contributed by atoms with van der Waals surface area (Å²) in [4.78, 5) is 36.8. The third kappa shape index (κ3) is 38.3. The third-order valence-electron chi connectivity index (χ3n) is 7.84. The second kappa shape index (κ2) is 37.1. The largest absolute Gasteiger partial charge is 0.545 e. The molecule has 0 saturated carbocycles. The van der Waals surface area contributed by atoms with Gasteiger partial charge in [-0.1, -0.05) is 124 Å². The highest BCUT2D eigenvalue weighted by Crippen LogP contribution is 2.10. The summed E-state index contributed by atoms with van der Waals surface area (Å²) < 4.78 is 22.3. The Labute approximate surface area is 333 Å². The molecule has 0 aliphatic heterocycles. The number of likely N-dealkylation sites (N-methyl/N-ethyl adjacent to an activating group) is 1. The van der Waals surface area contributed by atoms with Crippen molar-refractivity contribution in [1.82, 2.24) is 0 Å². The van der Waals surface area contributed by atoms with E-state index in [2.05, 4.69) is 98.9 Å². The van der Waals surface area contributed by atoms with Crippen molar-refractivity contribution in [3.63, 3.8) is 0 Å². The number of aliphatic carboxylic acids is 1. The van der Waals surface area contributed by atoms with Gasteiger partial charge in [0.05, 0.1) is 40.3 Å². The van der Waals surface area contributed by atoms with E-state index in [1.54, 1.807) is 0 Å². The highest BCUT2D eigenvalue weighted by molar-refractivity contribution is 5.70. The highest BCUT2D eigenvalue weighted by atomic mass is 16.7. The van der Waals surface area contributed by atoms with Gasteiger partial charge < -0.3 is 33.3 Å². The molecule has 0 saturated heterocycles. The van der Waals surface area contributed by atoms with Crippen LogP contribution >= 0.6 is 0 Å². The van der Waals surface area contributed by atoms with Gasteiger partial charge in [0.25, 0.3) is 0 Å². The predicted molar refractivity (Wildman–Crippen MR) is 223 cm³/mol. The molecule has 0 bridgehead atoms. The Hall–Kier alpha value is -3.79. The first-order valence-corrected chi connectivity index (χ1v) is 20.4. The van der Waals surface area contributed by atoms with Crippen LogP contribution in [0.15, 0.2) is 97.2 Å². The summed E-state index contributed by atoms with van der Waals surface area (Å²) in [6.45, 7) is 4.35. The van der Waals surface area contributed by atoms with E-state index in [0.29, 0.717) is 23.9 Å².